The van der Waals surface area contributed by atoms with Crippen LogP contribution in [0.3, 0.4) is 0 Å². The van der Waals surface area contributed by atoms with Crippen molar-refractivity contribution in [2.24, 2.45) is 11.3 Å². The molecule has 1 rings (SSSR count). The van der Waals surface area contributed by atoms with Crippen LogP contribution in [0.4, 0.5) is 0 Å². The van der Waals surface area contributed by atoms with E-state index in [9.17, 15) is 19.8 Å². The van der Waals surface area contributed by atoms with Gasteiger partial charge in [0.25, 0.3) is 0 Å². The molecule has 1 aliphatic heterocycles. The normalized spacial score (nSPS) is 15.2. The maximum Gasteiger partial charge on any atom is 0.309 e. The van der Waals surface area contributed by atoms with E-state index >= 15 is 0 Å². The average Bonchev–Trinajstić information content (AvgIpc) is 3.45. The van der Waals surface area contributed by atoms with E-state index in [-0.39, 0.29) is 19.6 Å². The Morgan fingerprint density at radius 1 is 0.361 bits per heavy atom. The fraction of sp³-hybridized carbons (Fsp3) is 0.939. The molecule has 1 aliphatic rings. The van der Waals surface area contributed by atoms with E-state index in [1.54, 1.807) is 0 Å². The third kappa shape index (κ3) is 47.1. The second kappa shape index (κ2) is 55.8. The fourth-order valence-corrected chi connectivity index (χ4v) is 10.9. The number of hydrogen-bond donors (Lipinski definition) is 2. The number of cyclic esters (lactones) is 2. The fourth-order valence-electron chi connectivity index (χ4n) is 10.9. The smallest absolute Gasteiger partial charge is 0.309 e. The first kappa shape index (κ1) is 68.6. The predicted molar refractivity (Wildman–Crippen MR) is 311 cm³/mol. The number of carbonyl (C=O) groups excluding carboxylic acids is 2. The molecule has 0 saturated carbocycles. The van der Waals surface area contributed by atoms with Crippen molar-refractivity contribution in [3.8, 4) is 0 Å². The molecule has 0 bridgehead atoms. The number of esters is 2. The Labute approximate surface area is 449 Å². The molecule has 1 fully saturated rings. The summed E-state index contributed by atoms with van der Waals surface area (Å²) in [6, 6.07) is 0. The van der Waals surface area contributed by atoms with Gasteiger partial charge in [0.05, 0.1) is 31.0 Å². The van der Waals surface area contributed by atoms with Gasteiger partial charge in [-0.05, 0) is 32.1 Å². The number of aliphatic hydroxyl groups excluding tert-OH is 2. The van der Waals surface area contributed by atoms with Gasteiger partial charge < -0.3 is 19.7 Å². The summed E-state index contributed by atoms with van der Waals surface area (Å²) in [5.74, 6) is -1.40. The molecule has 1 saturated heterocycles. The number of aliphatic hydroxyl groups is 2. The summed E-state index contributed by atoms with van der Waals surface area (Å²) in [4.78, 5) is 24.7. The van der Waals surface area contributed by atoms with Crippen molar-refractivity contribution in [3.05, 3.63) is 12.2 Å². The highest BCUT2D eigenvalue weighted by Gasteiger charge is 2.36. The minimum absolute atomic E-state index is 0.00497. The predicted octanol–water partition coefficient (Wildman–Crippen LogP) is 20.7. The van der Waals surface area contributed by atoms with E-state index in [1.807, 2.05) is 0 Å². The van der Waals surface area contributed by atoms with Gasteiger partial charge in [-0.15, -0.1) is 0 Å². The molecule has 1 unspecified atom stereocenters. The summed E-state index contributed by atoms with van der Waals surface area (Å²) < 4.78 is 10.6. The number of unbranched alkanes of at least 4 members (excludes halogenated alkanes) is 51. The molecule has 0 aromatic rings. The molecule has 426 valence electrons. The molecule has 0 aromatic carbocycles. The van der Waals surface area contributed by atoms with Crippen LogP contribution in [0, 0.1) is 11.3 Å². The number of allylic oxidation sites excluding steroid dienone is 2. The first-order valence-corrected chi connectivity index (χ1v) is 32.8. The Hall–Kier alpha value is -1.40. The Balaban J connectivity index is 1.68. The molecule has 72 heavy (non-hydrogen) atoms. The summed E-state index contributed by atoms with van der Waals surface area (Å²) >= 11 is 0. The lowest BCUT2D eigenvalue weighted by Gasteiger charge is -2.27. The molecule has 1 atom stereocenters. The highest BCUT2D eigenvalue weighted by molar-refractivity contribution is 5.80. The van der Waals surface area contributed by atoms with Crippen molar-refractivity contribution in [2.45, 2.75) is 360 Å². The van der Waals surface area contributed by atoms with Crippen molar-refractivity contribution in [1.29, 1.82) is 0 Å². The van der Waals surface area contributed by atoms with E-state index in [0.29, 0.717) is 6.42 Å². The first-order valence-electron chi connectivity index (χ1n) is 32.8. The summed E-state index contributed by atoms with van der Waals surface area (Å²) in [6.07, 6.45) is 80.1. The summed E-state index contributed by atoms with van der Waals surface area (Å²) in [5, 5.41) is 19.2. The molecule has 0 amide bonds. The highest BCUT2D eigenvalue weighted by Crippen LogP contribution is 2.25. The molecule has 0 radical (unpaired) electrons. The molecule has 0 aliphatic carbocycles. The van der Waals surface area contributed by atoms with Crippen LogP contribution < -0.4 is 0 Å². The van der Waals surface area contributed by atoms with Crippen LogP contribution in [0.25, 0.3) is 0 Å². The van der Waals surface area contributed by atoms with Crippen molar-refractivity contribution < 1.29 is 29.3 Å². The van der Waals surface area contributed by atoms with Crippen LogP contribution in [0.15, 0.2) is 12.2 Å². The lowest BCUT2D eigenvalue weighted by Crippen LogP contribution is -2.40. The van der Waals surface area contributed by atoms with Crippen LogP contribution in [-0.4, -0.2) is 48.6 Å². The van der Waals surface area contributed by atoms with Gasteiger partial charge in [-0.3, -0.25) is 9.59 Å². The van der Waals surface area contributed by atoms with Crippen LogP contribution in [0.5, 0.6) is 0 Å². The Bertz CT molecular complexity index is 1130. The Morgan fingerprint density at radius 2 is 0.597 bits per heavy atom. The second-order valence-corrected chi connectivity index (χ2v) is 23.5. The Kier molecular flexibility index (Phi) is 53.2. The molecule has 2 N–H and O–H groups in total. The standard InChI is InChI=1S/C66H126O6/c1-2-3-4-5-6-7-8-9-10-11-12-13-14-15-16-17-18-19-20-21-22-23-24-25-26-27-28-29-30-31-32-33-34-35-36-37-38-39-40-41-42-43-44-45-46-47-48-49-50-51-52-53-54-55-56-57-63-58-64(69)71-61-66(59-67,60-68)62-72-65(63)70/h19-20,63,67-68H,2-18,21-62H2,1H3/b20-19+. The van der Waals surface area contributed by atoms with Gasteiger partial charge in [0.1, 0.15) is 13.2 Å². The summed E-state index contributed by atoms with van der Waals surface area (Å²) in [6.45, 7) is 1.21. The SMILES string of the molecule is CCCCCCCCCCCCCCCCCC/C=C/CCCCCCCCCCCCCCCCCCCCCCCCCCCCCCCCCCCCCC1CC(=O)OCC(CO)(CO)COC1=O. The zero-order valence-corrected chi connectivity index (χ0v) is 48.5. The molecule has 1 heterocycles. The van der Waals surface area contributed by atoms with Gasteiger partial charge in [0.2, 0.25) is 0 Å². The zero-order chi connectivity index (χ0) is 51.8. The molecular formula is C66H126O6. The third-order valence-corrected chi connectivity index (χ3v) is 16.3. The minimum Gasteiger partial charge on any atom is -0.465 e. The summed E-state index contributed by atoms with van der Waals surface area (Å²) in [5.41, 5.74) is -1.12. The number of hydrogen-bond acceptors (Lipinski definition) is 6. The number of carbonyl (C=O) groups is 2. The molecule has 6 heteroatoms. The van der Waals surface area contributed by atoms with E-state index in [0.717, 1.165) is 19.3 Å². The third-order valence-electron chi connectivity index (χ3n) is 16.3. The highest BCUT2D eigenvalue weighted by atomic mass is 16.6. The van der Waals surface area contributed by atoms with Gasteiger partial charge in [-0.25, -0.2) is 0 Å². The largest absolute Gasteiger partial charge is 0.465 e. The van der Waals surface area contributed by atoms with Crippen LogP contribution in [0.1, 0.15) is 360 Å². The molecule has 0 spiro atoms. The van der Waals surface area contributed by atoms with Crippen molar-refractivity contribution in [3.63, 3.8) is 0 Å². The average molecular weight is 1020 g/mol. The lowest BCUT2D eigenvalue weighted by molar-refractivity contribution is -0.155. The van der Waals surface area contributed by atoms with E-state index in [2.05, 4.69) is 19.1 Å². The topological polar surface area (TPSA) is 93.1 Å². The van der Waals surface area contributed by atoms with Crippen LogP contribution in [0.2, 0.25) is 0 Å². The first-order chi connectivity index (χ1) is 35.6. The van der Waals surface area contributed by atoms with Gasteiger partial charge in [0, 0.05) is 0 Å². The van der Waals surface area contributed by atoms with Gasteiger partial charge in [-0.1, -0.05) is 334 Å². The molecular weight excluding hydrogens is 889 g/mol. The van der Waals surface area contributed by atoms with Crippen LogP contribution in [-0.2, 0) is 19.1 Å². The van der Waals surface area contributed by atoms with Crippen LogP contribution >= 0.6 is 0 Å². The monoisotopic (exact) mass is 1010 g/mol. The van der Waals surface area contributed by atoms with Crippen molar-refractivity contribution >= 4 is 11.9 Å². The van der Waals surface area contributed by atoms with Gasteiger partial charge in [-0.2, -0.15) is 0 Å². The maximum atomic E-state index is 12.5. The zero-order valence-electron chi connectivity index (χ0n) is 48.5. The van der Waals surface area contributed by atoms with E-state index in [1.165, 1.54) is 321 Å². The molecule has 6 nitrogen and oxygen atoms in total. The van der Waals surface area contributed by atoms with Crippen molar-refractivity contribution in [2.75, 3.05) is 26.4 Å². The maximum absolute atomic E-state index is 12.5. The Morgan fingerprint density at radius 3 is 0.861 bits per heavy atom. The minimum atomic E-state index is -1.12. The van der Waals surface area contributed by atoms with Gasteiger partial charge >= 0.3 is 11.9 Å². The number of ether oxygens (including phenoxy) is 2. The number of rotatable bonds is 57. The molecule has 0 aromatic heterocycles. The lowest BCUT2D eigenvalue weighted by atomic mass is 9.92. The van der Waals surface area contributed by atoms with E-state index in [4.69, 9.17) is 9.47 Å². The van der Waals surface area contributed by atoms with Gasteiger partial charge in [0.15, 0.2) is 0 Å². The quantitative estimate of drug-likeness (QED) is 0.0358. The second-order valence-electron chi connectivity index (χ2n) is 23.5. The van der Waals surface area contributed by atoms with Crippen molar-refractivity contribution in [1.82, 2.24) is 0 Å². The van der Waals surface area contributed by atoms with E-state index < -0.39 is 36.5 Å². The summed E-state index contributed by atoms with van der Waals surface area (Å²) in [7, 11) is 0.